The number of nitrogens with one attached hydrogen (secondary N) is 2. The van der Waals surface area contributed by atoms with Gasteiger partial charge in [-0.2, -0.15) is 0 Å². The Balaban J connectivity index is 0.00000400. The molecule has 1 rings (SSSR count). The molecule has 5 nitrogen and oxygen atoms in total. The molecule has 1 fully saturated rings. The maximum Gasteiger partial charge on any atom is 0.191 e. The van der Waals surface area contributed by atoms with Gasteiger partial charge in [-0.25, -0.2) is 0 Å². The summed E-state index contributed by atoms with van der Waals surface area (Å²) < 4.78 is 11.2. The first kappa shape index (κ1) is 20.9. The van der Waals surface area contributed by atoms with Crippen LogP contribution in [0.15, 0.2) is 4.99 Å². The Morgan fingerprint density at radius 2 is 2.00 bits per heavy atom. The van der Waals surface area contributed by atoms with Crippen molar-refractivity contribution >= 4 is 29.9 Å². The van der Waals surface area contributed by atoms with Gasteiger partial charge >= 0.3 is 0 Å². The Morgan fingerprint density at radius 1 is 1.29 bits per heavy atom. The average Bonchev–Trinajstić information content (AvgIpc) is 2.45. The van der Waals surface area contributed by atoms with Gasteiger partial charge in [0.05, 0.1) is 6.10 Å². The van der Waals surface area contributed by atoms with E-state index in [-0.39, 0.29) is 24.0 Å². The van der Waals surface area contributed by atoms with E-state index in [1.165, 1.54) is 0 Å². The molecule has 0 saturated carbocycles. The van der Waals surface area contributed by atoms with Gasteiger partial charge in [-0.1, -0.05) is 13.8 Å². The highest BCUT2D eigenvalue weighted by Crippen LogP contribution is 2.10. The molecule has 0 spiro atoms. The highest BCUT2D eigenvalue weighted by Gasteiger charge is 2.13. The second-order valence-corrected chi connectivity index (χ2v) is 5.58. The minimum absolute atomic E-state index is 0. The molecular formula is C15H32IN3O2. The van der Waals surface area contributed by atoms with E-state index >= 15 is 0 Å². The van der Waals surface area contributed by atoms with Gasteiger partial charge in [-0.3, -0.25) is 4.99 Å². The lowest BCUT2D eigenvalue weighted by Gasteiger charge is -2.22. The smallest absolute Gasteiger partial charge is 0.191 e. The van der Waals surface area contributed by atoms with Crippen molar-refractivity contribution in [2.24, 2.45) is 10.9 Å². The van der Waals surface area contributed by atoms with Crippen LogP contribution in [0, 0.1) is 5.92 Å². The second-order valence-electron chi connectivity index (χ2n) is 5.58. The van der Waals surface area contributed by atoms with Gasteiger partial charge in [0.15, 0.2) is 5.96 Å². The largest absolute Gasteiger partial charge is 0.381 e. The molecule has 1 heterocycles. The van der Waals surface area contributed by atoms with Crippen molar-refractivity contribution < 1.29 is 9.47 Å². The van der Waals surface area contributed by atoms with Crippen molar-refractivity contribution in [3.8, 4) is 0 Å². The summed E-state index contributed by atoms with van der Waals surface area (Å²) in [6.07, 6.45) is 3.47. The Labute approximate surface area is 146 Å². The van der Waals surface area contributed by atoms with Gasteiger partial charge < -0.3 is 20.1 Å². The summed E-state index contributed by atoms with van der Waals surface area (Å²) in [4.78, 5) is 4.54. The van der Waals surface area contributed by atoms with Crippen LogP contribution in [0.4, 0.5) is 0 Å². The fraction of sp³-hybridized carbons (Fsp3) is 0.933. The van der Waals surface area contributed by atoms with Crippen LogP contribution in [0.3, 0.4) is 0 Å². The molecule has 1 saturated heterocycles. The zero-order valence-electron chi connectivity index (χ0n) is 13.7. The van der Waals surface area contributed by atoms with Gasteiger partial charge in [0.2, 0.25) is 0 Å². The van der Waals surface area contributed by atoms with E-state index in [9.17, 15) is 0 Å². The summed E-state index contributed by atoms with van der Waals surface area (Å²) in [5.41, 5.74) is 0. The molecule has 21 heavy (non-hydrogen) atoms. The first-order valence-corrected chi connectivity index (χ1v) is 7.94. The van der Waals surface area contributed by atoms with Crippen molar-refractivity contribution in [2.75, 3.05) is 39.5 Å². The van der Waals surface area contributed by atoms with E-state index in [1.54, 1.807) is 0 Å². The molecule has 0 unspecified atom stereocenters. The summed E-state index contributed by atoms with van der Waals surface area (Å²) in [5, 5.41) is 6.61. The second kappa shape index (κ2) is 13.6. The van der Waals surface area contributed by atoms with Gasteiger partial charge in [0.1, 0.15) is 0 Å². The van der Waals surface area contributed by atoms with Crippen molar-refractivity contribution in [3.05, 3.63) is 0 Å². The van der Waals surface area contributed by atoms with Crippen LogP contribution in [-0.2, 0) is 9.47 Å². The molecule has 0 bridgehead atoms. The number of hydrogen-bond donors (Lipinski definition) is 2. The zero-order valence-corrected chi connectivity index (χ0v) is 16.0. The molecule has 0 radical (unpaired) electrons. The maximum atomic E-state index is 5.84. The van der Waals surface area contributed by atoms with E-state index in [0.717, 1.165) is 64.7 Å². The van der Waals surface area contributed by atoms with Crippen LogP contribution >= 0.6 is 24.0 Å². The van der Waals surface area contributed by atoms with Crippen molar-refractivity contribution in [3.63, 3.8) is 0 Å². The fourth-order valence-electron chi connectivity index (χ4n) is 1.99. The number of aliphatic imine (C=N–C) groups is 1. The first-order chi connectivity index (χ1) is 9.72. The SMILES string of the molecule is CCNC(=NCC(C)C)NCCCOC1CCOCC1.I. The van der Waals surface area contributed by atoms with Crippen LogP contribution in [0.5, 0.6) is 0 Å². The topological polar surface area (TPSA) is 54.9 Å². The number of hydrogen-bond acceptors (Lipinski definition) is 3. The van der Waals surface area contributed by atoms with Crippen LogP contribution in [0.2, 0.25) is 0 Å². The zero-order chi connectivity index (χ0) is 14.6. The van der Waals surface area contributed by atoms with Crippen LogP contribution in [-0.4, -0.2) is 51.5 Å². The number of rotatable bonds is 8. The Morgan fingerprint density at radius 3 is 2.62 bits per heavy atom. The molecule has 1 aliphatic rings. The Kier molecular flexibility index (Phi) is 13.5. The molecule has 2 N–H and O–H groups in total. The Hall–Kier alpha value is -0.0800. The van der Waals surface area contributed by atoms with Gasteiger partial charge in [-0.15, -0.1) is 24.0 Å². The molecule has 0 atom stereocenters. The van der Waals surface area contributed by atoms with Gasteiger partial charge in [0, 0.05) is 39.5 Å². The van der Waals surface area contributed by atoms with Crippen LogP contribution in [0.25, 0.3) is 0 Å². The summed E-state index contributed by atoms with van der Waals surface area (Å²) >= 11 is 0. The minimum atomic E-state index is 0. The summed E-state index contributed by atoms with van der Waals surface area (Å²) in [7, 11) is 0. The molecule has 0 aromatic rings. The molecule has 0 aliphatic carbocycles. The standard InChI is InChI=1S/C15H31N3O2.HI/c1-4-16-15(18-12-13(2)3)17-8-5-9-20-14-6-10-19-11-7-14;/h13-14H,4-12H2,1-3H3,(H2,16,17,18);1H. The molecule has 0 aromatic heterocycles. The number of halogens is 1. The molecule has 1 aliphatic heterocycles. The van der Waals surface area contributed by atoms with Gasteiger partial charge in [-0.05, 0) is 32.1 Å². The Bertz CT molecular complexity index is 270. The molecule has 0 amide bonds. The predicted octanol–water partition coefficient (Wildman–Crippen LogP) is 2.40. The van der Waals surface area contributed by atoms with E-state index in [2.05, 4.69) is 36.4 Å². The van der Waals surface area contributed by atoms with Gasteiger partial charge in [0.25, 0.3) is 0 Å². The van der Waals surface area contributed by atoms with Crippen molar-refractivity contribution in [1.82, 2.24) is 10.6 Å². The lowest BCUT2D eigenvalue weighted by atomic mass is 10.1. The third-order valence-corrected chi connectivity index (χ3v) is 3.09. The highest BCUT2D eigenvalue weighted by molar-refractivity contribution is 14.0. The summed E-state index contributed by atoms with van der Waals surface area (Å²) in [6.45, 7) is 11.6. The van der Waals surface area contributed by atoms with E-state index < -0.39 is 0 Å². The molecule has 6 heteroatoms. The number of guanidine groups is 1. The normalized spacial score (nSPS) is 16.7. The van der Waals surface area contributed by atoms with Crippen LogP contribution < -0.4 is 10.6 Å². The minimum Gasteiger partial charge on any atom is -0.381 e. The van der Waals surface area contributed by atoms with E-state index in [1.807, 2.05) is 0 Å². The quantitative estimate of drug-likeness (QED) is 0.278. The summed E-state index contributed by atoms with van der Waals surface area (Å²) in [5.74, 6) is 1.49. The third-order valence-electron chi connectivity index (χ3n) is 3.09. The molecule has 126 valence electrons. The van der Waals surface area contributed by atoms with Crippen molar-refractivity contribution in [2.45, 2.75) is 46.1 Å². The highest BCUT2D eigenvalue weighted by atomic mass is 127. The number of nitrogens with zero attached hydrogens (tertiary/aromatic N) is 1. The molecule has 0 aromatic carbocycles. The first-order valence-electron chi connectivity index (χ1n) is 7.94. The lowest BCUT2D eigenvalue weighted by molar-refractivity contribution is -0.0320. The predicted molar refractivity (Wildman–Crippen MR) is 98.6 cm³/mol. The average molecular weight is 413 g/mol. The summed E-state index contributed by atoms with van der Waals surface area (Å²) in [6, 6.07) is 0. The van der Waals surface area contributed by atoms with E-state index in [4.69, 9.17) is 9.47 Å². The monoisotopic (exact) mass is 413 g/mol. The van der Waals surface area contributed by atoms with E-state index in [0.29, 0.717) is 12.0 Å². The lowest BCUT2D eigenvalue weighted by Crippen LogP contribution is -2.38. The maximum absolute atomic E-state index is 5.84. The molecular weight excluding hydrogens is 381 g/mol. The van der Waals surface area contributed by atoms with Crippen molar-refractivity contribution in [1.29, 1.82) is 0 Å². The third kappa shape index (κ3) is 11.2. The van der Waals surface area contributed by atoms with Crippen LogP contribution in [0.1, 0.15) is 40.0 Å². The fourth-order valence-corrected chi connectivity index (χ4v) is 1.99. The number of ether oxygens (including phenoxy) is 2.